The highest BCUT2D eigenvalue weighted by molar-refractivity contribution is 7.98. The van der Waals surface area contributed by atoms with Crippen LogP contribution < -0.4 is 15.5 Å². The van der Waals surface area contributed by atoms with Crippen molar-refractivity contribution in [3.8, 4) is 0 Å². The van der Waals surface area contributed by atoms with Gasteiger partial charge < -0.3 is 20.3 Å². The van der Waals surface area contributed by atoms with Crippen LogP contribution in [0.2, 0.25) is 0 Å². The molecule has 1 aliphatic rings. The van der Waals surface area contributed by atoms with Gasteiger partial charge in [-0.1, -0.05) is 0 Å². The number of aliphatic hydroxyl groups excluding tert-OH is 1. The summed E-state index contributed by atoms with van der Waals surface area (Å²) >= 11 is 1.63. The Morgan fingerprint density at radius 3 is 2.81 bits per heavy atom. The van der Waals surface area contributed by atoms with E-state index >= 15 is 0 Å². The molecule has 1 aliphatic heterocycles. The molecule has 0 atom stereocenters. The Labute approximate surface area is 190 Å². The van der Waals surface area contributed by atoms with Crippen molar-refractivity contribution in [1.82, 2.24) is 9.97 Å². The zero-order chi connectivity index (χ0) is 22.5. The minimum atomic E-state index is -0.590. The summed E-state index contributed by atoms with van der Waals surface area (Å²) in [4.78, 5) is 22.6. The first-order chi connectivity index (χ1) is 15.6. The summed E-state index contributed by atoms with van der Waals surface area (Å²) in [5.41, 5.74) is 2.03. The first kappa shape index (κ1) is 22.4. The van der Waals surface area contributed by atoms with Gasteiger partial charge >= 0.3 is 6.03 Å². The predicted octanol–water partition coefficient (Wildman–Crippen LogP) is 5.06. The summed E-state index contributed by atoms with van der Waals surface area (Å²) in [7, 11) is 0. The third kappa shape index (κ3) is 5.16. The highest BCUT2D eigenvalue weighted by Gasteiger charge is 2.22. The molecule has 1 saturated heterocycles. The van der Waals surface area contributed by atoms with E-state index in [4.69, 9.17) is 5.11 Å². The van der Waals surface area contributed by atoms with E-state index in [-0.39, 0.29) is 12.4 Å². The Bertz CT molecular complexity index is 1080. The fourth-order valence-corrected chi connectivity index (χ4v) is 4.61. The van der Waals surface area contributed by atoms with Crippen LogP contribution in [0.3, 0.4) is 0 Å². The van der Waals surface area contributed by atoms with E-state index in [0.717, 1.165) is 54.6 Å². The molecule has 170 valence electrons. The number of nitrogens with one attached hydrogen (secondary N) is 3. The molecule has 9 heteroatoms. The number of pyridine rings is 1. The number of rotatable bonds is 7. The van der Waals surface area contributed by atoms with E-state index in [1.807, 2.05) is 29.4 Å². The normalized spacial score (nSPS) is 14.7. The average molecular weight is 458 g/mol. The SMILES string of the molecule is CSc1ccc2[nH]cc(NC(=O)Nc3ccc(N4CCC(CCCO)CC4)c(F)n3)c2c1. The van der Waals surface area contributed by atoms with Gasteiger partial charge in [0.05, 0.1) is 11.4 Å². The molecule has 4 N–H and O–H groups in total. The van der Waals surface area contributed by atoms with Crippen molar-refractivity contribution in [2.45, 2.75) is 30.6 Å². The van der Waals surface area contributed by atoms with Gasteiger partial charge in [-0.05, 0) is 68.2 Å². The molecule has 0 saturated carbocycles. The number of halogens is 1. The van der Waals surface area contributed by atoms with E-state index in [0.29, 0.717) is 17.3 Å². The van der Waals surface area contributed by atoms with Gasteiger partial charge in [0, 0.05) is 41.7 Å². The fraction of sp³-hybridized carbons (Fsp3) is 0.391. The Kier molecular flexibility index (Phi) is 7.16. The van der Waals surface area contributed by atoms with Gasteiger partial charge in [-0.3, -0.25) is 5.32 Å². The number of piperidine rings is 1. The maximum atomic E-state index is 14.7. The molecule has 1 aromatic carbocycles. The van der Waals surface area contributed by atoms with Gasteiger partial charge in [-0.2, -0.15) is 4.39 Å². The van der Waals surface area contributed by atoms with Crippen LogP contribution >= 0.6 is 11.8 Å². The number of nitrogens with zero attached hydrogens (tertiary/aromatic N) is 2. The number of aromatic amines is 1. The number of aliphatic hydroxyl groups is 1. The second kappa shape index (κ2) is 10.2. The van der Waals surface area contributed by atoms with Gasteiger partial charge in [-0.15, -0.1) is 11.8 Å². The summed E-state index contributed by atoms with van der Waals surface area (Å²) in [6, 6.07) is 8.80. The molecule has 4 rings (SSSR count). The van der Waals surface area contributed by atoms with Crippen molar-refractivity contribution in [3.05, 3.63) is 42.5 Å². The van der Waals surface area contributed by atoms with Crippen LogP contribution in [-0.4, -0.2) is 47.1 Å². The monoisotopic (exact) mass is 457 g/mol. The fourth-order valence-electron chi connectivity index (χ4n) is 4.17. The highest BCUT2D eigenvalue weighted by Crippen LogP contribution is 2.29. The number of carbonyl (C=O) groups excluding carboxylic acids is 1. The number of aromatic nitrogens is 2. The molecule has 32 heavy (non-hydrogen) atoms. The number of hydrogen-bond donors (Lipinski definition) is 4. The van der Waals surface area contributed by atoms with Crippen LogP contribution in [0.5, 0.6) is 0 Å². The second-order valence-corrected chi connectivity index (χ2v) is 8.88. The van der Waals surface area contributed by atoms with Crippen LogP contribution in [-0.2, 0) is 0 Å². The van der Waals surface area contributed by atoms with Crippen molar-refractivity contribution in [2.24, 2.45) is 5.92 Å². The highest BCUT2D eigenvalue weighted by atomic mass is 32.2. The molecule has 7 nitrogen and oxygen atoms in total. The quantitative estimate of drug-likeness (QED) is 0.294. The van der Waals surface area contributed by atoms with Crippen molar-refractivity contribution in [3.63, 3.8) is 0 Å². The summed E-state index contributed by atoms with van der Waals surface area (Å²) in [6.07, 6.45) is 7.51. The summed E-state index contributed by atoms with van der Waals surface area (Å²) in [5.74, 6) is 0.148. The molecule has 1 fully saturated rings. The molecule has 2 amide bonds. The smallest absolute Gasteiger partial charge is 0.324 e. The minimum Gasteiger partial charge on any atom is -0.396 e. The Balaban J connectivity index is 1.37. The number of hydrogen-bond acceptors (Lipinski definition) is 5. The third-order valence-corrected chi connectivity index (χ3v) is 6.66. The molecule has 2 aromatic heterocycles. The van der Waals surface area contributed by atoms with E-state index in [1.165, 1.54) is 0 Å². The average Bonchev–Trinajstić information content (AvgIpc) is 3.20. The van der Waals surface area contributed by atoms with Gasteiger partial charge in [0.1, 0.15) is 5.82 Å². The second-order valence-electron chi connectivity index (χ2n) is 8.00. The third-order valence-electron chi connectivity index (χ3n) is 5.93. The molecule has 3 aromatic rings. The van der Waals surface area contributed by atoms with E-state index in [2.05, 4.69) is 20.6 Å². The molecule has 3 heterocycles. The number of carbonyl (C=O) groups is 1. The van der Waals surface area contributed by atoms with E-state index in [9.17, 15) is 9.18 Å². The lowest BCUT2D eigenvalue weighted by atomic mass is 9.92. The first-order valence-corrected chi connectivity index (χ1v) is 12.1. The summed E-state index contributed by atoms with van der Waals surface area (Å²) < 4.78 is 14.7. The number of amides is 2. The maximum absolute atomic E-state index is 14.7. The van der Waals surface area contributed by atoms with Crippen LogP contribution in [0, 0.1) is 11.9 Å². The molecule has 0 unspecified atom stereocenters. The standard InChI is InChI=1S/C23H28FN5O2S/c1-32-16-4-5-18-17(13-16)19(14-25-18)26-23(31)28-21-7-6-20(22(24)27-21)29-10-8-15(9-11-29)3-2-12-30/h4-7,13-15,25,30H,2-3,8-12H2,1H3,(H2,26,27,28,31). The Hall–Kier alpha value is -2.78. The number of urea groups is 1. The van der Waals surface area contributed by atoms with Gasteiger partial charge in [-0.25, -0.2) is 9.78 Å². The molecule has 0 bridgehead atoms. The lowest BCUT2D eigenvalue weighted by Gasteiger charge is -2.33. The molecular formula is C23H28FN5O2S. The Morgan fingerprint density at radius 2 is 2.09 bits per heavy atom. The van der Waals surface area contributed by atoms with E-state index < -0.39 is 12.0 Å². The van der Waals surface area contributed by atoms with Crippen molar-refractivity contribution in [2.75, 3.05) is 41.5 Å². The molecule has 0 aliphatic carbocycles. The van der Waals surface area contributed by atoms with E-state index in [1.54, 1.807) is 30.1 Å². The van der Waals surface area contributed by atoms with Crippen LogP contribution in [0.25, 0.3) is 10.9 Å². The minimum absolute atomic E-state index is 0.159. The number of anilines is 3. The zero-order valence-corrected chi connectivity index (χ0v) is 18.8. The van der Waals surface area contributed by atoms with Gasteiger partial charge in [0.25, 0.3) is 0 Å². The molecular weight excluding hydrogens is 429 g/mol. The van der Waals surface area contributed by atoms with Crippen LogP contribution in [0.1, 0.15) is 25.7 Å². The topological polar surface area (TPSA) is 93.3 Å². The lowest BCUT2D eigenvalue weighted by molar-refractivity contribution is 0.261. The predicted molar refractivity (Wildman–Crippen MR) is 128 cm³/mol. The van der Waals surface area contributed by atoms with Crippen molar-refractivity contribution >= 4 is 45.9 Å². The van der Waals surface area contributed by atoms with Crippen molar-refractivity contribution in [1.29, 1.82) is 0 Å². The first-order valence-electron chi connectivity index (χ1n) is 10.8. The summed E-state index contributed by atoms with van der Waals surface area (Å²) in [5, 5.41) is 15.3. The number of thioether (sulfide) groups is 1. The number of fused-ring (bicyclic) bond motifs is 1. The maximum Gasteiger partial charge on any atom is 0.324 e. The number of H-pyrrole nitrogens is 1. The zero-order valence-electron chi connectivity index (χ0n) is 18.0. The summed E-state index contributed by atoms with van der Waals surface area (Å²) in [6.45, 7) is 1.75. The molecule has 0 spiro atoms. The molecule has 0 radical (unpaired) electrons. The largest absolute Gasteiger partial charge is 0.396 e. The lowest BCUT2D eigenvalue weighted by Crippen LogP contribution is -2.34. The van der Waals surface area contributed by atoms with Gasteiger partial charge in [0.2, 0.25) is 5.95 Å². The number of benzene rings is 1. The van der Waals surface area contributed by atoms with Gasteiger partial charge in [0.15, 0.2) is 0 Å². The Morgan fingerprint density at radius 1 is 1.28 bits per heavy atom. The van der Waals surface area contributed by atoms with Crippen LogP contribution in [0.15, 0.2) is 41.4 Å². The van der Waals surface area contributed by atoms with Crippen molar-refractivity contribution < 1.29 is 14.3 Å². The van der Waals surface area contributed by atoms with Crippen LogP contribution in [0.4, 0.5) is 26.4 Å².